The van der Waals surface area contributed by atoms with E-state index >= 15 is 0 Å². The van der Waals surface area contributed by atoms with E-state index in [9.17, 15) is 0 Å². The van der Waals surface area contributed by atoms with E-state index < -0.39 is 0 Å². The number of hydrogen-bond acceptors (Lipinski definition) is 3. The molecule has 0 aliphatic heterocycles. The van der Waals surface area contributed by atoms with Gasteiger partial charge in [-0.2, -0.15) is 5.10 Å². The maximum atomic E-state index is 4.74. The predicted octanol–water partition coefficient (Wildman–Crippen LogP) is 3.86. The second-order valence-electron chi connectivity index (χ2n) is 3.81. The maximum Gasteiger partial charge on any atom is 0.113 e. The molecule has 0 spiro atoms. The lowest BCUT2D eigenvalue weighted by atomic mass is 10.0. The Morgan fingerprint density at radius 3 is 2.94 bits per heavy atom. The molecule has 1 atom stereocenters. The Morgan fingerprint density at radius 1 is 1.50 bits per heavy atom. The molecule has 3 nitrogen and oxygen atoms in total. The summed E-state index contributed by atoms with van der Waals surface area (Å²) in [5.74, 6) is 0. The number of halogens is 1. The number of hydrogen-bond donors (Lipinski definition) is 0. The third-order valence-corrected chi connectivity index (χ3v) is 3.24. The van der Waals surface area contributed by atoms with Crippen molar-refractivity contribution < 1.29 is 0 Å². The van der Waals surface area contributed by atoms with E-state index in [4.69, 9.17) is 12.2 Å². The van der Waals surface area contributed by atoms with Gasteiger partial charge in [-0.25, -0.2) is 4.99 Å². The van der Waals surface area contributed by atoms with Crippen LogP contribution in [0.3, 0.4) is 0 Å². The maximum absolute atomic E-state index is 4.74. The molecule has 2 rings (SSSR count). The quantitative estimate of drug-likeness (QED) is 0.632. The molecule has 0 fully saturated rings. The molecule has 0 amide bonds. The molecular formula is C13H12BrN3S. The van der Waals surface area contributed by atoms with Crippen LogP contribution in [0.5, 0.6) is 0 Å². The molecule has 1 aromatic carbocycles. The third-order valence-electron chi connectivity index (χ3n) is 2.64. The van der Waals surface area contributed by atoms with E-state index in [1.54, 1.807) is 0 Å². The largest absolute Gasteiger partial charge is 0.273 e. The van der Waals surface area contributed by atoms with Crippen LogP contribution in [0.4, 0.5) is 0 Å². The first-order chi connectivity index (χ1) is 8.74. The minimum Gasteiger partial charge on any atom is -0.273 e. The summed E-state index contributed by atoms with van der Waals surface area (Å²) in [6.45, 7) is 2.89. The van der Waals surface area contributed by atoms with Gasteiger partial charge in [0.05, 0.1) is 11.4 Å². The van der Waals surface area contributed by atoms with Crippen LogP contribution < -0.4 is 0 Å². The molecule has 18 heavy (non-hydrogen) atoms. The monoisotopic (exact) mass is 321 g/mol. The van der Waals surface area contributed by atoms with Crippen molar-refractivity contribution in [1.29, 1.82) is 0 Å². The second-order valence-corrected chi connectivity index (χ2v) is 4.91. The van der Waals surface area contributed by atoms with Crippen molar-refractivity contribution in [1.82, 2.24) is 9.78 Å². The number of aromatic nitrogens is 2. The van der Waals surface area contributed by atoms with Crippen molar-refractivity contribution in [3.05, 3.63) is 52.3 Å². The zero-order chi connectivity index (χ0) is 13.0. The number of benzene rings is 1. The van der Waals surface area contributed by atoms with Crippen LogP contribution >= 0.6 is 28.1 Å². The van der Waals surface area contributed by atoms with E-state index in [1.807, 2.05) is 48.3 Å². The van der Waals surface area contributed by atoms with Crippen LogP contribution in [-0.2, 0) is 6.54 Å². The van der Waals surface area contributed by atoms with Gasteiger partial charge in [-0.05, 0) is 36.8 Å². The molecule has 1 unspecified atom stereocenters. The summed E-state index contributed by atoms with van der Waals surface area (Å²) < 4.78 is 2.90. The Hall–Kier alpha value is -1.29. The molecule has 1 heterocycles. The van der Waals surface area contributed by atoms with Gasteiger partial charge in [0, 0.05) is 22.8 Å². The zero-order valence-electron chi connectivity index (χ0n) is 9.88. The number of thiocarbonyl (C=S) groups is 1. The lowest BCUT2D eigenvalue weighted by Gasteiger charge is -2.09. The molecule has 0 N–H and O–H groups in total. The summed E-state index contributed by atoms with van der Waals surface area (Å²) in [4.78, 5) is 4.24. The average molecular weight is 322 g/mol. The molecular weight excluding hydrogens is 310 g/mol. The fraction of sp³-hybridized carbons (Fsp3) is 0.231. The van der Waals surface area contributed by atoms with Gasteiger partial charge in [0.15, 0.2) is 0 Å². The minimum atomic E-state index is -0.139. The van der Waals surface area contributed by atoms with Crippen molar-refractivity contribution in [2.45, 2.75) is 19.5 Å². The normalized spacial score (nSPS) is 11.9. The lowest BCUT2D eigenvalue weighted by molar-refractivity contribution is 0.658. The highest BCUT2D eigenvalue weighted by atomic mass is 79.9. The number of isothiocyanates is 1. The van der Waals surface area contributed by atoms with Gasteiger partial charge in [-0.3, -0.25) is 4.68 Å². The number of aryl methyl sites for hydroxylation is 1. The predicted molar refractivity (Wildman–Crippen MR) is 78.9 cm³/mol. The first kappa shape index (κ1) is 13.1. The van der Waals surface area contributed by atoms with E-state index in [0.29, 0.717) is 0 Å². The van der Waals surface area contributed by atoms with Gasteiger partial charge in [-0.15, -0.1) is 0 Å². The number of rotatable bonds is 4. The number of nitrogens with zero attached hydrogens (tertiary/aromatic N) is 3. The van der Waals surface area contributed by atoms with Gasteiger partial charge in [0.25, 0.3) is 0 Å². The van der Waals surface area contributed by atoms with Crippen LogP contribution in [0.25, 0.3) is 0 Å². The van der Waals surface area contributed by atoms with Crippen LogP contribution in [0, 0.1) is 0 Å². The summed E-state index contributed by atoms with van der Waals surface area (Å²) in [5, 5.41) is 6.74. The molecule has 0 saturated heterocycles. The second kappa shape index (κ2) is 6.05. The Kier molecular flexibility index (Phi) is 4.42. The molecule has 0 aliphatic rings. The summed E-state index contributed by atoms with van der Waals surface area (Å²) in [7, 11) is 0. The summed E-state index contributed by atoms with van der Waals surface area (Å²) >= 11 is 8.20. The molecule has 0 saturated carbocycles. The molecule has 0 aliphatic carbocycles. The average Bonchev–Trinajstić information content (AvgIpc) is 2.84. The van der Waals surface area contributed by atoms with Gasteiger partial charge in [0.1, 0.15) is 6.04 Å². The lowest BCUT2D eigenvalue weighted by Crippen LogP contribution is -1.97. The fourth-order valence-corrected chi connectivity index (χ4v) is 2.29. The molecule has 5 heteroatoms. The fourth-order valence-electron chi connectivity index (χ4n) is 1.76. The summed E-state index contributed by atoms with van der Waals surface area (Å²) in [6, 6.07) is 7.88. The van der Waals surface area contributed by atoms with Crippen molar-refractivity contribution in [3.63, 3.8) is 0 Å². The first-order valence-electron chi connectivity index (χ1n) is 5.59. The molecule has 0 bridgehead atoms. The Labute approximate surface area is 120 Å². The summed E-state index contributed by atoms with van der Waals surface area (Å²) in [5.41, 5.74) is 2.09. The van der Waals surface area contributed by atoms with Crippen LogP contribution in [0.2, 0.25) is 0 Å². The van der Waals surface area contributed by atoms with E-state index in [1.165, 1.54) is 0 Å². The Bertz CT molecular complexity index is 587. The highest BCUT2D eigenvalue weighted by Gasteiger charge is 2.14. The molecule has 0 radical (unpaired) electrons. The first-order valence-corrected chi connectivity index (χ1v) is 6.79. The third kappa shape index (κ3) is 2.93. The standard InChI is InChI=1S/C13H12BrN3S/c1-2-17-8-11(7-16-17)13(15-9-18)10-4-3-5-12(14)6-10/h3-8,13H,2H2,1H3. The highest BCUT2D eigenvalue weighted by molar-refractivity contribution is 9.10. The van der Waals surface area contributed by atoms with Crippen molar-refractivity contribution in [3.8, 4) is 0 Å². The van der Waals surface area contributed by atoms with E-state index in [2.05, 4.69) is 31.2 Å². The van der Waals surface area contributed by atoms with Gasteiger partial charge in [0.2, 0.25) is 0 Å². The number of aliphatic imine (C=N–C) groups is 1. The molecule has 2 aromatic rings. The van der Waals surface area contributed by atoms with Crippen molar-refractivity contribution in [2.75, 3.05) is 0 Å². The van der Waals surface area contributed by atoms with Gasteiger partial charge < -0.3 is 0 Å². The molecule has 92 valence electrons. The Balaban J connectivity index is 2.42. The van der Waals surface area contributed by atoms with Gasteiger partial charge in [-0.1, -0.05) is 28.1 Å². The van der Waals surface area contributed by atoms with Crippen LogP contribution in [0.1, 0.15) is 24.1 Å². The Morgan fingerprint density at radius 2 is 2.33 bits per heavy atom. The minimum absolute atomic E-state index is 0.139. The zero-order valence-corrected chi connectivity index (χ0v) is 12.3. The topological polar surface area (TPSA) is 30.2 Å². The smallest absolute Gasteiger partial charge is 0.113 e. The van der Waals surface area contributed by atoms with Crippen molar-refractivity contribution in [2.24, 2.45) is 4.99 Å². The highest BCUT2D eigenvalue weighted by Crippen LogP contribution is 2.27. The van der Waals surface area contributed by atoms with Crippen LogP contribution in [0.15, 0.2) is 46.1 Å². The SMILES string of the molecule is CCn1cc(C(N=C=S)c2cccc(Br)c2)cn1. The van der Waals surface area contributed by atoms with Crippen LogP contribution in [-0.4, -0.2) is 14.9 Å². The van der Waals surface area contributed by atoms with E-state index in [-0.39, 0.29) is 6.04 Å². The van der Waals surface area contributed by atoms with Crippen molar-refractivity contribution >= 4 is 33.3 Å². The van der Waals surface area contributed by atoms with E-state index in [0.717, 1.165) is 22.1 Å². The van der Waals surface area contributed by atoms with Gasteiger partial charge >= 0.3 is 0 Å². The molecule has 1 aromatic heterocycles. The summed E-state index contributed by atoms with van der Waals surface area (Å²) in [6.07, 6.45) is 3.81.